The van der Waals surface area contributed by atoms with Crippen LogP contribution in [0.3, 0.4) is 0 Å². The molecule has 1 aliphatic rings. The van der Waals surface area contributed by atoms with Crippen LogP contribution in [0.4, 0.5) is 11.4 Å². The Kier molecular flexibility index (Phi) is 4.84. The van der Waals surface area contributed by atoms with Crippen LogP contribution < -0.4 is 19.7 Å². The molecular weight excluding hydrogens is 346 g/mol. The van der Waals surface area contributed by atoms with Crippen LogP contribution in [0.2, 0.25) is 0 Å². The highest BCUT2D eigenvalue weighted by Gasteiger charge is 2.21. The van der Waals surface area contributed by atoms with Gasteiger partial charge in [-0.25, -0.2) is 0 Å². The van der Waals surface area contributed by atoms with Gasteiger partial charge in [-0.1, -0.05) is 0 Å². The molecule has 26 heavy (non-hydrogen) atoms. The average Bonchev–Trinajstić information content (AvgIpc) is 3.17. The van der Waals surface area contributed by atoms with Crippen LogP contribution in [0.25, 0.3) is 10.2 Å². The lowest BCUT2D eigenvalue weighted by Crippen LogP contribution is -2.39. The van der Waals surface area contributed by atoms with Crippen molar-refractivity contribution in [2.45, 2.75) is 18.9 Å². The fourth-order valence-electron chi connectivity index (χ4n) is 3.50. The largest absolute Gasteiger partial charge is 0.497 e. The molecule has 1 fully saturated rings. The molecule has 1 saturated heterocycles. The normalized spacial score (nSPS) is 15.2. The number of aromatic nitrogens is 1. The molecule has 1 N–H and O–H groups in total. The first-order chi connectivity index (χ1) is 12.8. The maximum atomic E-state index is 5.36. The van der Waals surface area contributed by atoms with Gasteiger partial charge in [0.25, 0.3) is 0 Å². The van der Waals surface area contributed by atoms with E-state index >= 15 is 0 Å². The van der Waals surface area contributed by atoms with Crippen LogP contribution in [0.15, 0.2) is 41.9 Å². The number of ether oxygens (including phenoxy) is 2. The fourth-order valence-corrected chi connectivity index (χ4v) is 4.39. The van der Waals surface area contributed by atoms with Gasteiger partial charge in [0, 0.05) is 49.2 Å². The molecule has 0 spiro atoms. The van der Waals surface area contributed by atoms with Crippen molar-refractivity contribution in [2.75, 3.05) is 37.5 Å². The summed E-state index contributed by atoms with van der Waals surface area (Å²) in [5, 5.41) is 5.75. The molecule has 136 valence electrons. The minimum Gasteiger partial charge on any atom is -0.497 e. The Bertz CT molecular complexity index is 865. The number of benzene rings is 1. The Labute approximate surface area is 157 Å². The van der Waals surface area contributed by atoms with Crippen molar-refractivity contribution in [3.05, 3.63) is 41.9 Å². The van der Waals surface area contributed by atoms with Gasteiger partial charge in [-0.3, -0.25) is 4.98 Å². The van der Waals surface area contributed by atoms with E-state index in [2.05, 4.69) is 32.7 Å². The zero-order valence-corrected chi connectivity index (χ0v) is 15.9. The van der Waals surface area contributed by atoms with E-state index in [1.54, 1.807) is 25.6 Å². The standard InChI is InChI=1S/C20H23N3O2S/c1-24-16-11-15(12-17(13-16)25-2)22-14-4-8-23(9-5-14)19-3-7-21-18-6-10-26-20(18)19/h3,6-7,10-14,22H,4-5,8-9H2,1-2H3. The summed E-state index contributed by atoms with van der Waals surface area (Å²) >= 11 is 1.77. The molecule has 3 heterocycles. The van der Waals surface area contributed by atoms with E-state index in [1.807, 2.05) is 24.4 Å². The van der Waals surface area contributed by atoms with E-state index in [-0.39, 0.29) is 0 Å². The summed E-state index contributed by atoms with van der Waals surface area (Å²) < 4.78 is 12.0. The van der Waals surface area contributed by atoms with E-state index in [4.69, 9.17) is 9.47 Å². The van der Waals surface area contributed by atoms with Crippen LogP contribution in [0.5, 0.6) is 11.5 Å². The van der Waals surface area contributed by atoms with Crippen molar-refractivity contribution in [1.82, 2.24) is 4.98 Å². The number of pyridine rings is 1. The molecule has 0 unspecified atom stereocenters. The molecular formula is C20H23N3O2S. The smallest absolute Gasteiger partial charge is 0.124 e. The number of nitrogens with zero attached hydrogens (tertiary/aromatic N) is 2. The quantitative estimate of drug-likeness (QED) is 0.722. The van der Waals surface area contributed by atoms with Crippen LogP contribution >= 0.6 is 11.3 Å². The first kappa shape index (κ1) is 17.0. The lowest BCUT2D eigenvalue weighted by atomic mass is 10.0. The zero-order valence-electron chi connectivity index (χ0n) is 15.1. The number of hydrogen-bond donors (Lipinski definition) is 1. The van der Waals surface area contributed by atoms with E-state index in [0.717, 1.165) is 48.6 Å². The monoisotopic (exact) mass is 369 g/mol. The molecule has 1 aromatic carbocycles. The Morgan fingerprint density at radius 3 is 2.50 bits per heavy atom. The fraction of sp³-hybridized carbons (Fsp3) is 0.350. The predicted octanol–water partition coefficient (Wildman–Crippen LogP) is 4.39. The second-order valence-corrected chi connectivity index (χ2v) is 7.39. The third kappa shape index (κ3) is 3.42. The Morgan fingerprint density at radius 1 is 1.08 bits per heavy atom. The third-order valence-corrected chi connectivity index (χ3v) is 5.81. The number of methoxy groups -OCH3 is 2. The number of fused-ring (bicyclic) bond motifs is 1. The van der Waals surface area contributed by atoms with Gasteiger partial charge >= 0.3 is 0 Å². The zero-order chi connectivity index (χ0) is 17.9. The molecule has 0 amide bonds. The average molecular weight is 369 g/mol. The number of anilines is 2. The predicted molar refractivity (Wildman–Crippen MR) is 108 cm³/mol. The van der Waals surface area contributed by atoms with Crippen LogP contribution in [0, 0.1) is 0 Å². The maximum Gasteiger partial charge on any atom is 0.124 e. The van der Waals surface area contributed by atoms with Crippen molar-refractivity contribution in [2.24, 2.45) is 0 Å². The van der Waals surface area contributed by atoms with E-state index in [0.29, 0.717) is 6.04 Å². The third-order valence-electron chi connectivity index (χ3n) is 4.88. The minimum absolute atomic E-state index is 0.448. The number of piperidine rings is 1. The molecule has 0 saturated carbocycles. The first-order valence-electron chi connectivity index (χ1n) is 8.83. The topological polar surface area (TPSA) is 46.6 Å². The molecule has 0 atom stereocenters. The summed E-state index contributed by atoms with van der Waals surface area (Å²) in [7, 11) is 3.36. The van der Waals surface area contributed by atoms with Crippen LogP contribution in [-0.2, 0) is 0 Å². The number of hydrogen-bond acceptors (Lipinski definition) is 6. The minimum atomic E-state index is 0.448. The molecule has 2 aromatic heterocycles. The van der Waals surface area contributed by atoms with Crippen molar-refractivity contribution in [3.8, 4) is 11.5 Å². The molecule has 6 heteroatoms. The summed E-state index contributed by atoms with van der Waals surface area (Å²) in [5.74, 6) is 1.61. The van der Waals surface area contributed by atoms with E-state index < -0.39 is 0 Å². The van der Waals surface area contributed by atoms with Gasteiger partial charge in [0.05, 0.1) is 30.1 Å². The summed E-state index contributed by atoms with van der Waals surface area (Å²) in [6.45, 7) is 2.07. The molecule has 1 aliphatic heterocycles. The van der Waals surface area contributed by atoms with Gasteiger partial charge < -0.3 is 19.7 Å². The van der Waals surface area contributed by atoms with Crippen molar-refractivity contribution >= 4 is 32.9 Å². The molecule has 0 bridgehead atoms. The maximum absolute atomic E-state index is 5.36. The molecule has 3 aromatic rings. The highest BCUT2D eigenvalue weighted by atomic mass is 32.1. The summed E-state index contributed by atoms with van der Waals surface area (Å²) in [4.78, 5) is 6.92. The second kappa shape index (κ2) is 7.41. The van der Waals surface area contributed by atoms with Gasteiger partial charge in [-0.15, -0.1) is 11.3 Å². The Hall–Kier alpha value is -2.47. The highest BCUT2D eigenvalue weighted by molar-refractivity contribution is 7.17. The van der Waals surface area contributed by atoms with E-state index in [9.17, 15) is 0 Å². The second-order valence-electron chi connectivity index (χ2n) is 6.47. The molecule has 5 nitrogen and oxygen atoms in total. The van der Waals surface area contributed by atoms with Gasteiger partial charge in [-0.05, 0) is 30.4 Å². The lowest BCUT2D eigenvalue weighted by molar-refractivity contribution is 0.394. The molecule has 0 radical (unpaired) electrons. The SMILES string of the molecule is COc1cc(NC2CCN(c3ccnc4ccsc34)CC2)cc(OC)c1. The van der Waals surface area contributed by atoms with Crippen molar-refractivity contribution < 1.29 is 9.47 Å². The first-order valence-corrected chi connectivity index (χ1v) is 9.71. The van der Waals surface area contributed by atoms with Gasteiger partial charge in [0.15, 0.2) is 0 Å². The van der Waals surface area contributed by atoms with Crippen molar-refractivity contribution in [1.29, 1.82) is 0 Å². The summed E-state index contributed by atoms with van der Waals surface area (Å²) in [6.07, 6.45) is 4.10. The molecule has 0 aliphatic carbocycles. The number of rotatable bonds is 5. The lowest BCUT2D eigenvalue weighted by Gasteiger charge is -2.34. The van der Waals surface area contributed by atoms with Gasteiger partial charge in [-0.2, -0.15) is 0 Å². The highest BCUT2D eigenvalue weighted by Crippen LogP contribution is 2.32. The van der Waals surface area contributed by atoms with Gasteiger partial charge in [0.1, 0.15) is 11.5 Å². The van der Waals surface area contributed by atoms with Crippen LogP contribution in [-0.4, -0.2) is 38.3 Å². The van der Waals surface area contributed by atoms with E-state index in [1.165, 1.54) is 10.4 Å². The number of thiophene rings is 1. The van der Waals surface area contributed by atoms with Crippen molar-refractivity contribution in [3.63, 3.8) is 0 Å². The Morgan fingerprint density at radius 2 is 1.81 bits per heavy atom. The number of nitrogens with one attached hydrogen (secondary N) is 1. The van der Waals surface area contributed by atoms with Crippen LogP contribution in [0.1, 0.15) is 12.8 Å². The summed E-state index contributed by atoms with van der Waals surface area (Å²) in [6, 6.07) is 10.6. The van der Waals surface area contributed by atoms with Gasteiger partial charge in [0.2, 0.25) is 0 Å². The Balaban J connectivity index is 1.43. The molecule has 4 rings (SSSR count). The summed E-state index contributed by atoms with van der Waals surface area (Å²) in [5.41, 5.74) is 3.45.